The number of nitrogens with one attached hydrogen (secondary N) is 1. The molecule has 0 saturated heterocycles. The van der Waals surface area contributed by atoms with Crippen LogP contribution in [0.2, 0.25) is 0 Å². The van der Waals surface area contributed by atoms with Crippen LogP contribution in [0, 0.1) is 0 Å². The van der Waals surface area contributed by atoms with Gasteiger partial charge >= 0.3 is 6.18 Å². The normalized spacial score (nSPS) is 12.0. The van der Waals surface area contributed by atoms with Gasteiger partial charge in [-0.25, -0.2) is 4.98 Å². The average molecular weight is 355 g/mol. The van der Waals surface area contributed by atoms with E-state index < -0.39 is 11.7 Å². The van der Waals surface area contributed by atoms with E-state index in [1.807, 2.05) is 24.3 Å². The molecule has 21 heavy (non-hydrogen) atoms. The number of hydrogen-bond donors (Lipinski definition) is 1. The van der Waals surface area contributed by atoms with Crippen molar-refractivity contribution < 1.29 is 13.2 Å². The summed E-state index contributed by atoms with van der Waals surface area (Å²) in [5, 5.41) is 0.155. The quantitative estimate of drug-likeness (QED) is 0.634. The molecule has 0 saturated carbocycles. The number of benzene rings is 2. The lowest BCUT2D eigenvalue weighted by molar-refractivity contribution is -0.138. The second-order valence-corrected chi connectivity index (χ2v) is 5.17. The van der Waals surface area contributed by atoms with Crippen LogP contribution in [0.4, 0.5) is 13.2 Å². The van der Waals surface area contributed by atoms with Crippen LogP contribution < -0.4 is 0 Å². The van der Waals surface area contributed by atoms with Gasteiger partial charge in [-0.1, -0.05) is 40.2 Å². The lowest BCUT2D eigenvalue weighted by Crippen LogP contribution is -2.08. The fourth-order valence-corrected chi connectivity index (χ4v) is 2.68. The summed E-state index contributed by atoms with van der Waals surface area (Å²) >= 11 is 3.09. The second-order valence-electron chi connectivity index (χ2n) is 4.61. The molecule has 0 radical (unpaired) electrons. The fourth-order valence-electron chi connectivity index (χ4n) is 2.19. The van der Waals surface area contributed by atoms with Crippen LogP contribution in [0.3, 0.4) is 0 Å². The Kier molecular flexibility index (Phi) is 3.49. The topological polar surface area (TPSA) is 28.7 Å². The first kappa shape index (κ1) is 14.1. The molecule has 108 valence electrons. The summed E-state index contributed by atoms with van der Waals surface area (Å²) in [6.45, 7) is 0. The van der Waals surface area contributed by atoms with E-state index in [-0.39, 0.29) is 10.9 Å². The van der Waals surface area contributed by atoms with Gasteiger partial charge in [0, 0.05) is 10.9 Å². The van der Waals surface area contributed by atoms with E-state index in [4.69, 9.17) is 0 Å². The highest BCUT2D eigenvalue weighted by atomic mass is 79.9. The summed E-state index contributed by atoms with van der Waals surface area (Å²) in [6.07, 6.45) is -4.38. The van der Waals surface area contributed by atoms with Gasteiger partial charge in [-0.2, -0.15) is 13.2 Å². The number of H-pyrrole nitrogens is 1. The molecule has 0 aliphatic heterocycles. The highest BCUT2D eigenvalue weighted by Gasteiger charge is 2.33. The maximum absolute atomic E-state index is 13.1. The number of hydrogen-bond acceptors (Lipinski definition) is 1. The van der Waals surface area contributed by atoms with Crippen LogP contribution >= 0.6 is 15.9 Å². The molecule has 6 heteroatoms. The predicted molar refractivity (Wildman–Crippen MR) is 79.2 cm³/mol. The number of halogens is 4. The van der Waals surface area contributed by atoms with Gasteiger partial charge in [-0.05, 0) is 23.8 Å². The third-order valence-electron chi connectivity index (χ3n) is 3.22. The number of aromatic nitrogens is 2. The van der Waals surface area contributed by atoms with Gasteiger partial charge in [0.2, 0.25) is 0 Å². The molecule has 0 unspecified atom stereocenters. The van der Waals surface area contributed by atoms with E-state index in [0.717, 1.165) is 17.1 Å². The van der Waals surface area contributed by atoms with E-state index in [1.54, 1.807) is 6.07 Å². The predicted octanol–water partition coefficient (Wildman–Crippen LogP) is 5.14. The molecule has 2 nitrogen and oxygen atoms in total. The van der Waals surface area contributed by atoms with Crippen molar-refractivity contribution in [3.8, 4) is 11.4 Å². The summed E-state index contributed by atoms with van der Waals surface area (Å²) in [7, 11) is 0. The molecule has 0 amide bonds. The Morgan fingerprint density at radius 2 is 1.86 bits per heavy atom. The van der Waals surface area contributed by atoms with Crippen LogP contribution in [0.25, 0.3) is 22.4 Å². The number of nitrogens with zero attached hydrogens (tertiary/aromatic N) is 1. The first-order chi connectivity index (χ1) is 9.99. The molecule has 0 spiro atoms. The Bertz CT molecular complexity index is 760. The molecule has 3 rings (SSSR count). The molecule has 3 aromatic rings. The molecule has 1 aromatic heterocycles. The molecule has 0 aliphatic rings. The van der Waals surface area contributed by atoms with E-state index in [2.05, 4.69) is 25.9 Å². The molecule has 1 heterocycles. The van der Waals surface area contributed by atoms with Crippen molar-refractivity contribution in [1.82, 2.24) is 9.97 Å². The Balaban J connectivity index is 2.14. The van der Waals surface area contributed by atoms with Gasteiger partial charge in [-0.3, -0.25) is 0 Å². The zero-order chi connectivity index (χ0) is 15.0. The van der Waals surface area contributed by atoms with Gasteiger partial charge in [0.05, 0.1) is 16.6 Å². The molecule has 0 aliphatic carbocycles. The van der Waals surface area contributed by atoms with Crippen molar-refractivity contribution in [1.29, 1.82) is 0 Å². The highest BCUT2D eigenvalue weighted by molar-refractivity contribution is 9.08. The van der Waals surface area contributed by atoms with Gasteiger partial charge in [0.25, 0.3) is 0 Å². The highest BCUT2D eigenvalue weighted by Crippen LogP contribution is 2.35. The van der Waals surface area contributed by atoms with Crippen LogP contribution in [0.15, 0.2) is 42.5 Å². The number of para-hydroxylation sites is 2. The van der Waals surface area contributed by atoms with Gasteiger partial charge in [0.15, 0.2) is 0 Å². The van der Waals surface area contributed by atoms with Crippen molar-refractivity contribution >= 4 is 27.0 Å². The Labute approximate surface area is 127 Å². The van der Waals surface area contributed by atoms with Gasteiger partial charge < -0.3 is 4.98 Å². The van der Waals surface area contributed by atoms with E-state index in [1.165, 1.54) is 6.07 Å². The lowest BCUT2D eigenvalue weighted by Gasteiger charge is -2.12. The minimum atomic E-state index is -4.38. The molecule has 0 atom stereocenters. The van der Waals surface area contributed by atoms with Gasteiger partial charge in [-0.15, -0.1) is 0 Å². The first-order valence-corrected chi connectivity index (χ1v) is 7.32. The SMILES string of the molecule is FC(F)(F)c1cc(-c2nc3ccccc3[nH]2)ccc1CBr. The molecule has 0 fully saturated rings. The largest absolute Gasteiger partial charge is 0.416 e. The molecule has 0 bridgehead atoms. The van der Waals surface area contributed by atoms with Crippen molar-refractivity contribution in [2.24, 2.45) is 0 Å². The van der Waals surface area contributed by atoms with Crippen LogP contribution in [-0.4, -0.2) is 9.97 Å². The van der Waals surface area contributed by atoms with E-state index in [9.17, 15) is 13.2 Å². The fraction of sp³-hybridized carbons (Fsp3) is 0.133. The lowest BCUT2D eigenvalue weighted by atomic mass is 10.0. The van der Waals surface area contributed by atoms with Crippen molar-refractivity contribution in [2.45, 2.75) is 11.5 Å². The summed E-state index contributed by atoms with van der Waals surface area (Å²) < 4.78 is 39.3. The monoisotopic (exact) mass is 354 g/mol. The van der Waals surface area contributed by atoms with E-state index >= 15 is 0 Å². The number of rotatable bonds is 2. The third kappa shape index (κ3) is 2.68. The maximum atomic E-state index is 13.1. The van der Waals surface area contributed by atoms with Crippen LogP contribution in [0.5, 0.6) is 0 Å². The average Bonchev–Trinajstić information content (AvgIpc) is 2.89. The number of imidazole rings is 1. The number of alkyl halides is 4. The smallest absolute Gasteiger partial charge is 0.338 e. The summed E-state index contributed by atoms with van der Waals surface area (Å²) in [5.41, 5.74) is 1.51. The third-order valence-corrected chi connectivity index (χ3v) is 3.83. The van der Waals surface area contributed by atoms with Crippen molar-refractivity contribution in [3.63, 3.8) is 0 Å². The molecular weight excluding hydrogens is 345 g/mol. The summed E-state index contributed by atoms with van der Waals surface area (Å²) in [6, 6.07) is 11.6. The zero-order valence-electron chi connectivity index (χ0n) is 10.7. The standard InChI is InChI=1S/C15H10BrF3N2/c16-8-10-6-5-9(7-11(10)15(17,18)19)14-20-12-3-1-2-4-13(12)21-14/h1-7H,8H2,(H,20,21). The Hall–Kier alpha value is -1.82. The maximum Gasteiger partial charge on any atom is 0.416 e. The molecule has 1 N–H and O–H groups in total. The second kappa shape index (κ2) is 5.18. The minimum absolute atomic E-state index is 0.155. The van der Waals surface area contributed by atoms with Crippen LogP contribution in [0.1, 0.15) is 11.1 Å². The molecular formula is C15H10BrF3N2. The first-order valence-electron chi connectivity index (χ1n) is 6.20. The Morgan fingerprint density at radius 1 is 1.10 bits per heavy atom. The Morgan fingerprint density at radius 3 is 2.52 bits per heavy atom. The summed E-state index contributed by atoms with van der Waals surface area (Å²) in [4.78, 5) is 7.36. The zero-order valence-corrected chi connectivity index (χ0v) is 12.3. The van der Waals surface area contributed by atoms with Crippen LogP contribution in [-0.2, 0) is 11.5 Å². The minimum Gasteiger partial charge on any atom is -0.338 e. The van der Waals surface area contributed by atoms with Gasteiger partial charge in [0.1, 0.15) is 5.82 Å². The number of aromatic amines is 1. The van der Waals surface area contributed by atoms with E-state index in [0.29, 0.717) is 11.4 Å². The molecule has 2 aromatic carbocycles. The van der Waals surface area contributed by atoms with Crippen molar-refractivity contribution in [2.75, 3.05) is 0 Å². The summed E-state index contributed by atoms with van der Waals surface area (Å²) in [5.74, 6) is 0.433. The number of fused-ring (bicyclic) bond motifs is 1. The van der Waals surface area contributed by atoms with Crippen molar-refractivity contribution in [3.05, 3.63) is 53.6 Å².